The highest BCUT2D eigenvalue weighted by atomic mass is 35.5. The second-order valence-corrected chi connectivity index (χ2v) is 6.33. The van der Waals surface area contributed by atoms with Crippen LogP contribution < -0.4 is 5.32 Å². The standard InChI is InChI=1S/C17H25ClN2O/c1-3-9-20-10-5-7-14(12-20)11-19-17(21)15-8-4-6-13(2)16(15)18/h4,6,8,14H,3,5,7,9-12H2,1-2H3,(H,19,21)/t14-/m0/s1. The summed E-state index contributed by atoms with van der Waals surface area (Å²) in [5.74, 6) is 0.495. The van der Waals surface area contributed by atoms with E-state index < -0.39 is 0 Å². The third kappa shape index (κ3) is 4.45. The van der Waals surface area contributed by atoms with Gasteiger partial charge in [-0.3, -0.25) is 4.79 Å². The number of rotatable bonds is 5. The average molecular weight is 309 g/mol. The second kappa shape index (κ2) is 7.81. The predicted octanol–water partition coefficient (Wildman–Crippen LogP) is 3.50. The molecule has 1 fully saturated rings. The predicted molar refractivity (Wildman–Crippen MR) is 88.0 cm³/mol. The first kappa shape index (κ1) is 16.3. The van der Waals surface area contributed by atoms with Gasteiger partial charge in [0.1, 0.15) is 0 Å². The van der Waals surface area contributed by atoms with Crippen LogP contribution in [0, 0.1) is 12.8 Å². The minimum absolute atomic E-state index is 0.0590. The van der Waals surface area contributed by atoms with E-state index in [2.05, 4.69) is 17.1 Å². The molecule has 1 atom stereocenters. The molecule has 1 aromatic carbocycles. The maximum atomic E-state index is 12.3. The SMILES string of the molecule is CCCN1CCC[C@@H](CNC(=O)c2cccc(C)c2Cl)C1. The Labute approximate surface area is 132 Å². The fraction of sp³-hybridized carbons (Fsp3) is 0.588. The first-order chi connectivity index (χ1) is 10.1. The lowest BCUT2D eigenvalue weighted by Gasteiger charge is -2.32. The molecule has 2 rings (SSSR count). The Kier molecular flexibility index (Phi) is 6.07. The van der Waals surface area contributed by atoms with Crippen molar-refractivity contribution in [1.82, 2.24) is 10.2 Å². The van der Waals surface area contributed by atoms with Crippen molar-refractivity contribution < 1.29 is 4.79 Å². The van der Waals surface area contributed by atoms with Gasteiger partial charge in [0.15, 0.2) is 0 Å². The number of hydrogen-bond acceptors (Lipinski definition) is 2. The van der Waals surface area contributed by atoms with Gasteiger partial charge in [-0.05, 0) is 56.8 Å². The van der Waals surface area contributed by atoms with Gasteiger partial charge in [0.2, 0.25) is 0 Å². The summed E-state index contributed by atoms with van der Waals surface area (Å²) < 4.78 is 0. The molecule has 1 saturated heterocycles. The number of hydrogen-bond donors (Lipinski definition) is 1. The molecule has 116 valence electrons. The molecule has 3 nitrogen and oxygen atoms in total. The quantitative estimate of drug-likeness (QED) is 0.903. The van der Waals surface area contributed by atoms with E-state index in [1.165, 1.54) is 25.8 Å². The summed E-state index contributed by atoms with van der Waals surface area (Å²) in [6.45, 7) is 8.32. The molecule has 0 aliphatic carbocycles. The number of carbonyl (C=O) groups is 1. The van der Waals surface area contributed by atoms with Crippen LogP contribution in [0.15, 0.2) is 18.2 Å². The minimum Gasteiger partial charge on any atom is -0.352 e. The molecule has 0 bridgehead atoms. The zero-order valence-electron chi connectivity index (χ0n) is 13.0. The first-order valence-electron chi connectivity index (χ1n) is 7.87. The van der Waals surface area contributed by atoms with E-state index in [4.69, 9.17) is 11.6 Å². The topological polar surface area (TPSA) is 32.3 Å². The van der Waals surface area contributed by atoms with Crippen LogP contribution in [0.4, 0.5) is 0 Å². The largest absolute Gasteiger partial charge is 0.352 e. The van der Waals surface area contributed by atoms with Crippen molar-refractivity contribution in [2.24, 2.45) is 5.92 Å². The van der Waals surface area contributed by atoms with Gasteiger partial charge in [-0.2, -0.15) is 0 Å². The Balaban J connectivity index is 1.87. The van der Waals surface area contributed by atoms with Crippen molar-refractivity contribution in [2.75, 3.05) is 26.2 Å². The molecule has 1 heterocycles. The van der Waals surface area contributed by atoms with Crippen molar-refractivity contribution in [3.63, 3.8) is 0 Å². The minimum atomic E-state index is -0.0590. The molecule has 1 aliphatic rings. The third-order valence-corrected chi connectivity index (χ3v) is 4.63. The maximum absolute atomic E-state index is 12.3. The smallest absolute Gasteiger partial charge is 0.252 e. The number of amides is 1. The highest BCUT2D eigenvalue weighted by Gasteiger charge is 2.20. The fourth-order valence-corrected chi connectivity index (χ4v) is 3.20. The van der Waals surface area contributed by atoms with Crippen molar-refractivity contribution in [2.45, 2.75) is 33.1 Å². The Morgan fingerprint density at radius 2 is 2.29 bits per heavy atom. The normalized spacial score (nSPS) is 19.5. The average Bonchev–Trinajstić information content (AvgIpc) is 2.48. The summed E-state index contributed by atoms with van der Waals surface area (Å²) in [7, 11) is 0. The monoisotopic (exact) mass is 308 g/mol. The molecular weight excluding hydrogens is 284 g/mol. The fourth-order valence-electron chi connectivity index (χ4n) is 2.99. The molecule has 0 spiro atoms. The molecule has 1 N–H and O–H groups in total. The van der Waals surface area contributed by atoms with E-state index in [0.717, 1.165) is 25.2 Å². The zero-order chi connectivity index (χ0) is 15.2. The Morgan fingerprint density at radius 1 is 1.48 bits per heavy atom. The molecule has 1 aromatic rings. The second-order valence-electron chi connectivity index (χ2n) is 5.96. The van der Waals surface area contributed by atoms with E-state index >= 15 is 0 Å². The van der Waals surface area contributed by atoms with Gasteiger partial charge in [-0.1, -0.05) is 30.7 Å². The van der Waals surface area contributed by atoms with Crippen LogP contribution in [-0.2, 0) is 0 Å². The molecular formula is C17H25ClN2O. The zero-order valence-corrected chi connectivity index (χ0v) is 13.7. The Bertz CT molecular complexity index is 488. The van der Waals surface area contributed by atoms with Crippen molar-refractivity contribution >= 4 is 17.5 Å². The van der Waals surface area contributed by atoms with Crippen LogP contribution >= 0.6 is 11.6 Å². The molecule has 1 amide bonds. The Morgan fingerprint density at radius 3 is 3.05 bits per heavy atom. The molecule has 4 heteroatoms. The molecule has 0 aromatic heterocycles. The number of benzene rings is 1. The molecule has 0 unspecified atom stereocenters. The lowest BCUT2D eigenvalue weighted by Crippen LogP contribution is -2.41. The van der Waals surface area contributed by atoms with E-state index in [1.54, 1.807) is 6.07 Å². The molecule has 1 aliphatic heterocycles. The van der Waals surface area contributed by atoms with Gasteiger partial charge in [0, 0.05) is 13.1 Å². The van der Waals surface area contributed by atoms with Gasteiger partial charge in [0.25, 0.3) is 5.91 Å². The van der Waals surface area contributed by atoms with Crippen LogP contribution in [0.2, 0.25) is 5.02 Å². The van der Waals surface area contributed by atoms with E-state index in [9.17, 15) is 4.79 Å². The highest BCUT2D eigenvalue weighted by molar-refractivity contribution is 6.34. The maximum Gasteiger partial charge on any atom is 0.252 e. The number of likely N-dealkylation sites (tertiary alicyclic amines) is 1. The molecule has 0 saturated carbocycles. The summed E-state index contributed by atoms with van der Waals surface area (Å²) in [4.78, 5) is 14.8. The number of piperidine rings is 1. The third-order valence-electron chi connectivity index (χ3n) is 4.13. The van der Waals surface area contributed by atoms with Crippen molar-refractivity contribution in [3.8, 4) is 0 Å². The van der Waals surface area contributed by atoms with Crippen LogP contribution in [0.3, 0.4) is 0 Å². The number of nitrogens with zero attached hydrogens (tertiary/aromatic N) is 1. The van der Waals surface area contributed by atoms with Gasteiger partial charge < -0.3 is 10.2 Å². The number of aryl methyl sites for hydroxylation is 1. The highest BCUT2D eigenvalue weighted by Crippen LogP contribution is 2.20. The number of halogens is 1. The van der Waals surface area contributed by atoms with E-state index in [0.29, 0.717) is 16.5 Å². The van der Waals surface area contributed by atoms with Crippen LogP contribution in [-0.4, -0.2) is 37.0 Å². The van der Waals surface area contributed by atoms with Crippen molar-refractivity contribution in [3.05, 3.63) is 34.3 Å². The summed E-state index contributed by atoms with van der Waals surface area (Å²) >= 11 is 6.20. The van der Waals surface area contributed by atoms with Gasteiger partial charge in [-0.25, -0.2) is 0 Å². The van der Waals surface area contributed by atoms with E-state index in [-0.39, 0.29) is 5.91 Å². The summed E-state index contributed by atoms with van der Waals surface area (Å²) in [5, 5.41) is 3.61. The van der Waals surface area contributed by atoms with E-state index in [1.807, 2.05) is 19.1 Å². The summed E-state index contributed by atoms with van der Waals surface area (Å²) in [6, 6.07) is 5.58. The first-order valence-corrected chi connectivity index (χ1v) is 8.25. The van der Waals surface area contributed by atoms with Crippen molar-refractivity contribution in [1.29, 1.82) is 0 Å². The van der Waals surface area contributed by atoms with Crippen LogP contribution in [0.1, 0.15) is 42.1 Å². The number of nitrogens with one attached hydrogen (secondary N) is 1. The van der Waals surface area contributed by atoms with Gasteiger partial charge >= 0.3 is 0 Å². The number of carbonyl (C=O) groups excluding carboxylic acids is 1. The summed E-state index contributed by atoms with van der Waals surface area (Å²) in [5.41, 5.74) is 1.52. The lowest BCUT2D eigenvalue weighted by atomic mass is 9.97. The molecule has 0 radical (unpaired) electrons. The Hall–Kier alpha value is -1.06. The summed E-state index contributed by atoms with van der Waals surface area (Å²) in [6.07, 6.45) is 3.62. The van der Waals surface area contributed by atoms with Crippen LogP contribution in [0.5, 0.6) is 0 Å². The van der Waals surface area contributed by atoms with Gasteiger partial charge in [0.05, 0.1) is 10.6 Å². The van der Waals surface area contributed by atoms with Crippen LogP contribution in [0.25, 0.3) is 0 Å². The van der Waals surface area contributed by atoms with Gasteiger partial charge in [-0.15, -0.1) is 0 Å². The lowest BCUT2D eigenvalue weighted by molar-refractivity contribution is 0.0932. The molecule has 21 heavy (non-hydrogen) atoms.